The number of rotatable bonds is 7. The summed E-state index contributed by atoms with van der Waals surface area (Å²) in [4.78, 5) is 11.3. The zero-order valence-electron chi connectivity index (χ0n) is 21.9. The molecule has 0 radical (unpaired) electrons. The van der Waals surface area contributed by atoms with Crippen molar-refractivity contribution in [2.24, 2.45) is 0 Å². The third-order valence-electron chi connectivity index (χ3n) is 7.81. The van der Waals surface area contributed by atoms with Gasteiger partial charge in [0.15, 0.2) is 5.11 Å². The number of aryl methyl sites for hydroxylation is 1. The van der Waals surface area contributed by atoms with Crippen LogP contribution in [0.25, 0.3) is 0 Å². The Morgan fingerprint density at radius 2 is 1.82 bits per heavy atom. The molecule has 1 aliphatic carbocycles. The Bertz CT molecular complexity index is 1400. The fourth-order valence-electron chi connectivity index (χ4n) is 5.88. The minimum Gasteiger partial charge on any atom is -0.490 e. The molecule has 1 N–H and O–H groups in total. The second-order valence-corrected chi connectivity index (χ2v) is 10.7. The summed E-state index contributed by atoms with van der Waals surface area (Å²) in [7, 11) is 0. The fourth-order valence-corrected chi connectivity index (χ4v) is 6.22. The van der Waals surface area contributed by atoms with Crippen molar-refractivity contribution in [1.29, 1.82) is 0 Å². The lowest BCUT2D eigenvalue weighted by Gasteiger charge is -2.28. The predicted molar refractivity (Wildman–Crippen MR) is 155 cm³/mol. The van der Waals surface area contributed by atoms with Gasteiger partial charge < -0.3 is 19.5 Å². The molecule has 2 atom stereocenters. The molecule has 2 aliphatic rings. The van der Waals surface area contributed by atoms with Crippen molar-refractivity contribution in [2.45, 2.75) is 64.3 Å². The molecule has 6 rings (SSSR count). The lowest BCUT2D eigenvalue weighted by atomic mass is 9.96. The number of benzene rings is 1. The standard InChI is InChI=1S/C31H33N5OS/c1-21-18-27(22(2)35(21)20-23-8-7-16-32-19-23)30-29(28-11-5-6-17-33-28)34-31(38)36(30)24-12-14-26(15-13-24)37-25-9-3-4-10-25/h5-8,11-19,25,29-30H,3-4,9-10,20H2,1-2H3,(H,34,38)/t29-,30-/m1/s1. The Hall–Kier alpha value is -3.71. The second kappa shape index (κ2) is 10.6. The van der Waals surface area contributed by atoms with E-state index in [0.29, 0.717) is 11.2 Å². The van der Waals surface area contributed by atoms with Crippen molar-refractivity contribution in [3.63, 3.8) is 0 Å². The van der Waals surface area contributed by atoms with Crippen molar-refractivity contribution in [3.05, 3.63) is 107 Å². The summed E-state index contributed by atoms with van der Waals surface area (Å²) in [6, 6.07) is 20.7. The molecular weight excluding hydrogens is 490 g/mol. The van der Waals surface area contributed by atoms with Gasteiger partial charge in [-0.1, -0.05) is 12.1 Å². The summed E-state index contributed by atoms with van der Waals surface area (Å²) >= 11 is 5.95. The fraction of sp³-hybridized carbons (Fsp3) is 0.323. The van der Waals surface area contributed by atoms with Crippen LogP contribution in [0.2, 0.25) is 0 Å². The molecule has 194 valence electrons. The molecule has 1 aromatic carbocycles. The molecule has 1 saturated heterocycles. The van der Waals surface area contributed by atoms with Gasteiger partial charge in [0.2, 0.25) is 0 Å². The number of hydrogen-bond donors (Lipinski definition) is 1. The maximum absolute atomic E-state index is 6.23. The molecule has 4 aromatic rings. The zero-order chi connectivity index (χ0) is 26.1. The molecule has 0 spiro atoms. The van der Waals surface area contributed by atoms with E-state index in [0.717, 1.165) is 36.5 Å². The maximum atomic E-state index is 6.23. The van der Waals surface area contributed by atoms with E-state index in [1.165, 1.54) is 35.4 Å². The van der Waals surface area contributed by atoms with Crippen LogP contribution in [0.3, 0.4) is 0 Å². The van der Waals surface area contributed by atoms with Gasteiger partial charge in [0, 0.05) is 42.2 Å². The highest BCUT2D eigenvalue weighted by Crippen LogP contribution is 2.43. The van der Waals surface area contributed by atoms with Crippen LogP contribution in [0.15, 0.2) is 79.3 Å². The average molecular weight is 524 g/mol. The number of aromatic nitrogens is 3. The Labute approximate surface area is 229 Å². The second-order valence-electron chi connectivity index (χ2n) is 10.3. The number of nitrogens with zero attached hydrogens (tertiary/aromatic N) is 4. The van der Waals surface area contributed by atoms with Gasteiger partial charge in [0.25, 0.3) is 0 Å². The quantitative estimate of drug-likeness (QED) is 0.281. The molecule has 1 saturated carbocycles. The minimum atomic E-state index is -0.0783. The van der Waals surface area contributed by atoms with Gasteiger partial charge in [-0.05, 0) is 111 Å². The number of pyridine rings is 2. The number of nitrogens with one attached hydrogen (secondary N) is 1. The van der Waals surface area contributed by atoms with Gasteiger partial charge >= 0.3 is 0 Å². The van der Waals surface area contributed by atoms with Gasteiger partial charge in [0.05, 0.1) is 23.9 Å². The first-order chi connectivity index (χ1) is 18.6. The number of hydrogen-bond acceptors (Lipinski definition) is 4. The van der Waals surface area contributed by atoms with Crippen LogP contribution in [-0.2, 0) is 6.54 Å². The molecule has 4 heterocycles. The number of anilines is 1. The van der Waals surface area contributed by atoms with Crippen LogP contribution in [0.5, 0.6) is 5.75 Å². The van der Waals surface area contributed by atoms with Crippen LogP contribution < -0.4 is 15.0 Å². The minimum absolute atomic E-state index is 0.0483. The molecule has 0 amide bonds. The summed E-state index contributed by atoms with van der Waals surface area (Å²) in [5.74, 6) is 0.922. The van der Waals surface area contributed by atoms with Crippen molar-refractivity contribution >= 4 is 23.0 Å². The average Bonchev–Trinajstić information content (AvgIpc) is 3.65. The first-order valence-corrected chi connectivity index (χ1v) is 13.8. The van der Waals surface area contributed by atoms with Gasteiger partial charge in [-0.2, -0.15) is 0 Å². The summed E-state index contributed by atoms with van der Waals surface area (Å²) in [5, 5.41) is 4.29. The first kappa shape index (κ1) is 24.6. The Kier molecular flexibility index (Phi) is 6.85. The molecule has 7 heteroatoms. The van der Waals surface area contributed by atoms with Crippen molar-refractivity contribution in [1.82, 2.24) is 19.9 Å². The first-order valence-electron chi connectivity index (χ1n) is 13.4. The highest BCUT2D eigenvalue weighted by atomic mass is 32.1. The molecular formula is C31H33N5OS. The van der Waals surface area contributed by atoms with E-state index in [4.69, 9.17) is 21.9 Å². The van der Waals surface area contributed by atoms with E-state index in [1.807, 2.05) is 36.8 Å². The largest absolute Gasteiger partial charge is 0.490 e. The van der Waals surface area contributed by atoms with Crippen LogP contribution in [0, 0.1) is 13.8 Å². The molecule has 0 bridgehead atoms. The lowest BCUT2D eigenvalue weighted by molar-refractivity contribution is 0.210. The normalized spacial score (nSPS) is 19.6. The predicted octanol–water partition coefficient (Wildman–Crippen LogP) is 6.44. The Balaban J connectivity index is 1.37. The summed E-state index contributed by atoms with van der Waals surface area (Å²) < 4.78 is 8.59. The van der Waals surface area contributed by atoms with Crippen LogP contribution in [-0.4, -0.2) is 25.8 Å². The van der Waals surface area contributed by atoms with Gasteiger partial charge in [-0.15, -0.1) is 0 Å². The topological polar surface area (TPSA) is 55.2 Å². The zero-order valence-corrected chi connectivity index (χ0v) is 22.7. The molecule has 0 unspecified atom stereocenters. The molecule has 3 aromatic heterocycles. The summed E-state index contributed by atoms with van der Waals surface area (Å²) in [5.41, 5.74) is 6.86. The smallest absolute Gasteiger partial charge is 0.174 e. The van der Waals surface area contributed by atoms with E-state index in [9.17, 15) is 0 Å². The van der Waals surface area contributed by atoms with E-state index in [2.05, 4.69) is 76.1 Å². The van der Waals surface area contributed by atoms with E-state index in [1.54, 1.807) is 0 Å². The molecule has 1 aliphatic heterocycles. The van der Waals surface area contributed by atoms with Gasteiger partial charge in [-0.3, -0.25) is 9.97 Å². The highest BCUT2D eigenvalue weighted by Gasteiger charge is 2.42. The van der Waals surface area contributed by atoms with Crippen LogP contribution in [0.4, 0.5) is 5.69 Å². The van der Waals surface area contributed by atoms with E-state index in [-0.39, 0.29) is 12.1 Å². The molecule has 38 heavy (non-hydrogen) atoms. The highest BCUT2D eigenvalue weighted by molar-refractivity contribution is 7.80. The third-order valence-corrected chi connectivity index (χ3v) is 8.13. The molecule has 2 fully saturated rings. The summed E-state index contributed by atoms with van der Waals surface area (Å²) in [6.45, 7) is 5.15. The SMILES string of the molecule is Cc1cc([C@@H]2[C@@H](c3ccccn3)NC(=S)N2c2ccc(OC3CCCC3)cc2)c(C)n1Cc1cccnc1. The Morgan fingerprint density at radius 3 is 2.53 bits per heavy atom. The van der Waals surface area contributed by atoms with Crippen LogP contribution >= 0.6 is 12.2 Å². The Morgan fingerprint density at radius 1 is 1.00 bits per heavy atom. The lowest BCUT2D eigenvalue weighted by Crippen LogP contribution is -2.29. The van der Waals surface area contributed by atoms with Gasteiger partial charge in [0.1, 0.15) is 5.75 Å². The van der Waals surface area contributed by atoms with E-state index >= 15 is 0 Å². The number of thiocarbonyl (C=S) groups is 1. The monoisotopic (exact) mass is 523 g/mol. The summed E-state index contributed by atoms with van der Waals surface area (Å²) in [6.07, 6.45) is 10.7. The van der Waals surface area contributed by atoms with Crippen molar-refractivity contribution < 1.29 is 4.74 Å². The third kappa shape index (κ3) is 4.78. The van der Waals surface area contributed by atoms with Gasteiger partial charge in [-0.25, -0.2) is 0 Å². The number of ether oxygens (including phenoxy) is 1. The molecule has 6 nitrogen and oxygen atoms in total. The maximum Gasteiger partial charge on any atom is 0.174 e. The van der Waals surface area contributed by atoms with Crippen molar-refractivity contribution in [2.75, 3.05) is 4.90 Å². The van der Waals surface area contributed by atoms with E-state index < -0.39 is 0 Å². The van der Waals surface area contributed by atoms with Crippen LogP contribution in [0.1, 0.15) is 66.0 Å². The van der Waals surface area contributed by atoms with Crippen molar-refractivity contribution in [3.8, 4) is 5.75 Å².